The summed E-state index contributed by atoms with van der Waals surface area (Å²) < 4.78 is 26.9. The number of aryl methyl sites for hydroxylation is 1. The third-order valence-electron chi connectivity index (χ3n) is 3.08. The van der Waals surface area contributed by atoms with E-state index in [9.17, 15) is 8.78 Å². The highest BCUT2D eigenvalue weighted by atomic mass is 19.2. The van der Waals surface area contributed by atoms with Gasteiger partial charge in [-0.05, 0) is 25.1 Å². The molecule has 3 nitrogen and oxygen atoms in total. The number of pyridine rings is 1. The van der Waals surface area contributed by atoms with Gasteiger partial charge in [0.05, 0.1) is 0 Å². The van der Waals surface area contributed by atoms with E-state index in [1.807, 2.05) is 19.1 Å². The van der Waals surface area contributed by atoms with Crippen molar-refractivity contribution in [2.45, 2.75) is 6.92 Å². The smallest absolute Gasteiger partial charge is 0.166 e. The summed E-state index contributed by atoms with van der Waals surface area (Å²) in [6, 6.07) is 7.74. The maximum atomic E-state index is 13.7. The molecule has 0 saturated carbocycles. The van der Waals surface area contributed by atoms with Crippen molar-refractivity contribution in [1.29, 1.82) is 0 Å². The molecule has 0 unspecified atom stereocenters. The van der Waals surface area contributed by atoms with E-state index in [4.69, 9.17) is 0 Å². The standard InChI is InChI=1S/C16H11F2N3/c1-10-5-6-11(7-19-10)16-20-8-12(9-21-16)13-3-2-4-14(17)15(13)18/h2-9H,1H3. The van der Waals surface area contributed by atoms with E-state index in [0.717, 1.165) is 17.3 Å². The lowest BCUT2D eigenvalue weighted by atomic mass is 10.1. The largest absolute Gasteiger partial charge is 0.261 e. The lowest BCUT2D eigenvalue weighted by Gasteiger charge is -2.05. The van der Waals surface area contributed by atoms with Crippen molar-refractivity contribution >= 4 is 0 Å². The van der Waals surface area contributed by atoms with Crippen LogP contribution >= 0.6 is 0 Å². The molecule has 104 valence electrons. The molecule has 3 aromatic rings. The summed E-state index contributed by atoms with van der Waals surface area (Å²) in [6.07, 6.45) is 4.62. The Balaban J connectivity index is 1.97. The Labute approximate surface area is 120 Å². The van der Waals surface area contributed by atoms with Crippen molar-refractivity contribution in [1.82, 2.24) is 15.0 Å². The van der Waals surface area contributed by atoms with E-state index < -0.39 is 11.6 Å². The Morgan fingerprint density at radius 1 is 0.810 bits per heavy atom. The normalized spacial score (nSPS) is 10.6. The Kier molecular flexibility index (Phi) is 3.39. The van der Waals surface area contributed by atoms with Crippen molar-refractivity contribution < 1.29 is 8.78 Å². The van der Waals surface area contributed by atoms with Gasteiger partial charge in [-0.2, -0.15) is 0 Å². The molecule has 3 rings (SSSR count). The summed E-state index contributed by atoms with van der Waals surface area (Å²) in [5.41, 5.74) is 2.24. The Hall–Kier alpha value is -2.69. The van der Waals surface area contributed by atoms with E-state index in [-0.39, 0.29) is 5.56 Å². The predicted octanol–water partition coefficient (Wildman–Crippen LogP) is 3.79. The summed E-state index contributed by atoms with van der Waals surface area (Å²) in [6.45, 7) is 1.89. The maximum Gasteiger partial charge on any atom is 0.166 e. The minimum atomic E-state index is -0.897. The van der Waals surface area contributed by atoms with Gasteiger partial charge in [-0.15, -0.1) is 0 Å². The third-order valence-corrected chi connectivity index (χ3v) is 3.08. The molecule has 0 spiro atoms. The van der Waals surface area contributed by atoms with Gasteiger partial charge in [-0.3, -0.25) is 4.98 Å². The molecule has 0 aliphatic carbocycles. The minimum Gasteiger partial charge on any atom is -0.261 e. The van der Waals surface area contributed by atoms with Crippen LogP contribution in [0, 0.1) is 18.6 Å². The van der Waals surface area contributed by atoms with E-state index in [2.05, 4.69) is 15.0 Å². The number of nitrogens with zero attached hydrogens (tertiary/aromatic N) is 3. The van der Waals surface area contributed by atoms with Crippen molar-refractivity contribution in [3.8, 4) is 22.5 Å². The van der Waals surface area contributed by atoms with Crippen LogP contribution in [-0.2, 0) is 0 Å². The summed E-state index contributed by atoms with van der Waals surface area (Å²) in [7, 11) is 0. The number of rotatable bonds is 2. The first-order valence-electron chi connectivity index (χ1n) is 6.34. The van der Waals surface area contributed by atoms with Crippen LogP contribution in [0.25, 0.3) is 22.5 Å². The van der Waals surface area contributed by atoms with Gasteiger partial charge in [0, 0.05) is 41.0 Å². The van der Waals surface area contributed by atoms with Gasteiger partial charge in [0.2, 0.25) is 0 Å². The molecule has 21 heavy (non-hydrogen) atoms. The first kappa shape index (κ1) is 13.3. The average molecular weight is 283 g/mol. The number of benzene rings is 1. The maximum absolute atomic E-state index is 13.7. The fraction of sp³-hybridized carbons (Fsp3) is 0.0625. The molecule has 0 fully saturated rings. The van der Waals surface area contributed by atoms with Gasteiger partial charge < -0.3 is 0 Å². The molecular weight excluding hydrogens is 272 g/mol. The molecule has 1 aromatic carbocycles. The highest BCUT2D eigenvalue weighted by Gasteiger charge is 2.11. The summed E-state index contributed by atoms with van der Waals surface area (Å²) in [5, 5.41) is 0. The third kappa shape index (κ3) is 2.63. The number of halogens is 2. The van der Waals surface area contributed by atoms with Crippen LogP contribution < -0.4 is 0 Å². The molecule has 0 aliphatic heterocycles. The van der Waals surface area contributed by atoms with Crippen LogP contribution in [0.4, 0.5) is 8.78 Å². The Morgan fingerprint density at radius 2 is 1.52 bits per heavy atom. The zero-order valence-corrected chi connectivity index (χ0v) is 11.2. The second-order valence-corrected chi connectivity index (χ2v) is 4.58. The predicted molar refractivity (Wildman–Crippen MR) is 75.4 cm³/mol. The van der Waals surface area contributed by atoms with Gasteiger partial charge in [0.1, 0.15) is 0 Å². The molecule has 0 saturated heterocycles. The first-order chi connectivity index (χ1) is 10.1. The van der Waals surface area contributed by atoms with E-state index >= 15 is 0 Å². The highest BCUT2D eigenvalue weighted by molar-refractivity contribution is 5.64. The number of hydrogen-bond donors (Lipinski definition) is 0. The van der Waals surface area contributed by atoms with Gasteiger partial charge in [0.15, 0.2) is 17.5 Å². The quantitative estimate of drug-likeness (QED) is 0.718. The molecule has 2 heterocycles. The molecule has 0 radical (unpaired) electrons. The second-order valence-electron chi connectivity index (χ2n) is 4.58. The molecule has 0 aliphatic rings. The van der Waals surface area contributed by atoms with E-state index in [0.29, 0.717) is 11.4 Å². The summed E-state index contributed by atoms with van der Waals surface area (Å²) in [4.78, 5) is 12.5. The van der Waals surface area contributed by atoms with Crippen molar-refractivity contribution in [2.75, 3.05) is 0 Å². The highest BCUT2D eigenvalue weighted by Crippen LogP contribution is 2.24. The van der Waals surface area contributed by atoms with Crippen LogP contribution in [0.2, 0.25) is 0 Å². The lowest BCUT2D eigenvalue weighted by molar-refractivity contribution is 0.511. The number of aromatic nitrogens is 3. The van der Waals surface area contributed by atoms with Crippen LogP contribution in [0.5, 0.6) is 0 Å². The Bertz CT molecular complexity index is 769. The van der Waals surface area contributed by atoms with E-state index in [1.54, 1.807) is 6.20 Å². The summed E-state index contributed by atoms with van der Waals surface area (Å²) in [5.74, 6) is -1.30. The van der Waals surface area contributed by atoms with Crippen molar-refractivity contribution in [3.05, 3.63) is 66.3 Å². The molecule has 0 bridgehead atoms. The molecule has 2 aromatic heterocycles. The monoisotopic (exact) mass is 283 g/mol. The number of hydrogen-bond acceptors (Lipinski definition) is 3. The lowest BCUT2D eigenvalue weighted by Crippen LogP contribution is -1.94. The molecule has 0 atom stereocenters. The average Bonchev–Trinajstić information content (AvgIpc) is 2.51. The van der Waals surface area contributed by atoms with Gasteiger partial charge in [-0.1, -0.05) is 12.1 Å². The van der Waals surface area contributed by atoms with Crippen LogP contribution in [0.3, 0.4) is 0 Å². The molecule has 5 heteroatoms. The molecular formula is C16H11F2N3. The van der Waals surface area contributed by atoms with Gasteiger partial charge in [-0.25, -0.2) is 18.7 Å². The van der Waals surface area contributed by atoms with E-state index in [1.165, 1.54) is 24.5 Å². The Morgan fingerprint density at radius 3 is 2.19 bits per heavy atom. The SMILES string of the molecule is Cc1ccc(-c2ncc(-c3cccc(F)c3F)cn2)cn1. The van der Waals surface area contributed by atoms with Crippen LogP contribution in [0.1, 0.15) is 5.69 Å². The fourth-order valence-electron chi connectivity index (χ4n) is 1.94. The van der Waals surface area contributed by atoms with Crippen LogP contribution in [-0.4, -0.2) is 15.0 Å². The topological polar surface area (TPSA) is 38.7 Å². The minimum absolute atomic E-state index is 0.142. The second kappa shape index (κ2) is 5.36. The first-order valence-corrected chi connectivity index (χ1v) is 6.34. The zero-order valence-electron chi connectivity index (χ0n) is 11.2. The van der Waals surface area contributed by atoms with Crippen LogP contribution in [0.15, 0.2) is 48.9 Å². The van der Waals surface area contributed by atoms with Gasteiger partial charge in [0.25, 0.3) is 0 Å². The fourth-order valence-corrected chi connectivity index (χ4v) is 1.94. The molecule has 0 N–H and O–H groups in total. The zero-order chi connectivity index (χ0) is 14.8. The summed E-state index contributed by atoms with van der Waals surface area (Å²) >= 11 is 0. The van der Waals surface area contributed by atoms with Crippen molar-refractivity contribution in [3.63, 3.8) is 0 Å². The van der Waals surface area contributed by atoms with Crippen molar-refractivity contribution in [2.24, 2.45) is 0 Å². The van der Waals surface area contributed by atoms with Gasteiger partial charge >= 0.3 is 0 Å². The molecule has 0 amide bonds.